The molecule has 0 bridgehead atoms. The van der Waals surface area contributed by atoms with Gasteiger partial charge in [-0.2, -0.15) is 0 Å². The number of hydrogen-bond donors (Lipinski definition) is 1. The van der Waals surface area contributed by atoms with Crippen molar-refractivity contribution < 1.29 is 9.59 Å². The van der Waals surface area contributed by atoms with Crippen molar-refractivity contribution in [2.75, 3.05) is 0 Å². The van der Waals surface area contributed by atoms with E-state index in [4.69, 9.17) is 5.73 Å². The number of carbonyl (C=O) groups excluding carboxylic acids is 2. The SMILES string of the molecule is CC(=O)CCc1cnc(C(N)=O)cn1. The standard InChI is InChI=1S/C9H11N3O2/c1-6(13)2-3-7-4-12-8(5-11-7)9(10)14/h4-5H,2-3H2,1H3,(H2,10,14). The van der Waals surface area contributed by atoms with Crippen LogP contribution in [0.1, 0.15) is 29.5 Å². The molecule has 0 saturated heterocycles. The van der Waals surface area contributed by atoms with Gasteiger partial charge in [0, 0.05) is 12.6 Å². The van der Waals surface area contributed by atoms with Gasteiger partial charge in [0.1, 0.15) is 11.5 Å². The molecular weight excluding hydrogens is 182 g/mol. The molecular formula is C9H11N3O2. The van der Waals surface area contributed by atoms with Crippen LogP contribution < -0.4 is 5.73 Å². The van der Waals surface area contributed by atoms with Crippen LogP contribution in [0.15, 0.2) is 12.4 Å². The second-order valence-electron chi connectivity index (χ2n) is 2.96. The largest absolute Gasteiger partial charge is 0.364 e. The number of aromatic nitrogens is 2. The zero-order chi connectivity index (χ0) is 10.6. The van der Waals surface area contributed by atoms with E-state index in [0.717, 1.165) is 0 Å². The van der Waals surface area contributed by atoms with Crippen LogP contribution >= 0.6 is 0 Å². The highest BCUT2D eigenvalue weighted by atomic mass is 16.1. The first-order chi connectivity index (χ1) is 6.59. The number of Topliss-reactive ketones (excluding diaryl/α,β-unsaturated/α-hetero) is 1. The summed E-state index contributed by atoms with van der Waals surface area (Å²) < 4.78 is 0. The highest BCUT2D eigenvalue weighted by molar-refractivity contribution is 5.90. The number of ketones is 1. The first-order valence-electron chi connectivity index (χ1n) is 4.19. The van der Waals surface area contributed by atoms with E-state index >= 15 is 0 Å². The van der Waals surface area contributed by atoms with Gasteiger partial charge in [-0.3, -0.25) is 9.78 Å². The molecule has 1 aromatic rings. The Bertz CT molecular complexity index is 346. The van der Waals surface area contributed by atoms with Gasteiger partial charge in [-0.05, 0) is 13.3 Å². The third-order valence-corrected chi connectivity index (χ3v) is 1.69. The molecule has 2 N–H and O–H groups in total. The van der Waals surface area contributed by atoms with Crippen LogP contribution in [-0.2, 0) is 11.2 Å². The molecule has 0 fully saturated rings. The molecule has 0 aliphatic rings. The lowest BCUT2D eigenvalue weighted by Crippen LogP contribution is -2.13. The van der Waals surface area contributed by atoms with E-state index in [1.807, 2.05) is 0 Å². The van der Waals surface area contributed by atoms with Gasteiger partial charge in [0.05, 0.1) is 11.9 Å². The van der Waals surface area contributed by atoms with Gasteiger partial charge in [0.2, 0.25) is 0 Å². The molecule has 1 rings (SSSR count). The Morgan fingerprint density at radius 2 is 2.07 bits per heavy atom. The zero-order valence-electron chi connectivity index (χ0n) is 7.86. The van der Waals surface area contributed by atoms with Gasteiger partial charge >= 0.3 is 0 Å². The maximum atomic E-state index is 10.7. The van der Waals surface area contributed by atoms with Crippen molar-refractivity contribution in [2.45, 2.75) is 19.8 Å². The van der Waals surface area contributed by atoms with Crippen LogP contribution in [0.4, 0.5) is 0 Å². The molecule has 14 heavy (non-hydrogen) atoms. The summed E-state index contributed by atoms with van der Waals surface area (Å²) in [4.78, 5) is 29.1. The summed E-state index contributed by atoms with van der Waals surface area (Å²) in [5.74, 6) is -0.499. The van der Waals surface area contributed by atoms with Crippen LogP contribution in [-0.4, -0.2) is 21.7 Å². The van der Waals surface area contributed by atoms with Gasteiger partial charge in [0.15, 0.2) is 0 Å². The Hall–Kier alpha value is -1.78. The Kier molecular flexibility index (Phi) is 3.28. The number of nitrogens with zero attached hydrogens (tertiary/aromatic N) is 2. The summed E-state index contributed by atoms with van der Waals surface area (Å²) in [5, 5.41) is 0. The monoisotopic (exact) mass is 193 g/mol. The molecule has 0 unspecified atom stereocenters. The highest BCUT2D eigenvalue weighted by Gasteiger charge is 2.03. The number of aryl methyl sites for hydroxylation is 1. The highest BCUT2D eigenvalue weighted by Crippen LogP contribution is 1.99. The van der Waals surface area contributed by atoms with Crippen LogP contribution in [0, 0.1) is 0 Å². The Morgan fingerprint density at radius 1 is 1.36 bits per heavy atom. The van der Waals surface area contributed by atoms with Crippen molar-refractivity contribution in [3.8, 4) is 0 Å². The van der Waals surface area contributed by atoms with Crippen LogP contribution in [0.3, 0.4) is 0 Å². The smallest absolute Gasteiger partial charge is 0.268 e. The first-order valence-corrected chi connectivity index (χ1v) is 4.19. The summed E-state index contributed by atoms with van der Waals surface area (Å²) in [6.45, 7) is 1.52. The van der Waals surface area contributed by atoms with E-state index in [1.54, 1.807) is 0 Å². The lowest BCUT2D eigenvalue weighted by molar-refractivity contribution is -0.117. The number of primary amides is 1. The lowest BCUT2D eigenvalue weighted by atomic mass is 10.2. The average Bonchev–Trinajstić information content (AvgIpc) is 2.15. The van der Waals surface area contributed by atoms with Crippen molar-refractivity contribution in [1.82, 2.24) is 9.97 Å². The van der Waals surface area contributed by atoms with Crippen molar-refractivity contribution in [3.05, 3.63) is 23.8 Å². The summed E-state index contributed by atoms with van der Waals surface area (Å²) in [7, 11) is 0. The number of hydrogen-bond acceptors (Lipinski definition) is 4. The average molecular weight is 193 g/mol. The van der Waals surface area contributed by atoms with E-state index in [9.17, 15) is 9.59 Å². The second-order valence-corrected chi connectivity index (χ2v) is 2.96. The molecule has 1 amide bonds. The number of carbonyl (C=O) groups is 2. The second kappa shape index (κ2) is 4.45. The number of rotatable bonds is 4. The Morgan fingerprint density at radius 3 is 2.50 bits per heavy atom. The fraction of sp³-hybridized carbons (Fsp3) is 0.333. The number of amides is 1. The maximum absolute atomic E-state index is 10.7. The number of nitrogens with two attached hydrogens (primary N) is 1. The zero-order valence-corrected chi connectivity index (χ0v) is 7.86. The van der Waals surface area contributed by atoms with Crippen LogP contribution in [0.2, 0.25) is 0 Å². The molecule has 5 nitrogen and oxygen atoms in total. The van der Waals surface area contributed by atoms with Crippen molar-refractivity contribution in [1.29, 1.82) is 0 Å². The van der Waals surface area contributed by atoms with E-state index < -0.39 is 5.91 Å². The van der Waals surface area contributed by atoms with Crippen LogP contribution in [0.25, 0.3) is 0 Å². The maximum Gasteiger partial charge on any atom is 0.268 e. The molecule has 1 aromatic heterocycles. The predicted octanol–water partition coefficient (Wildman–Crippen LogP) is 0.0971. The molecule has 1 heterocycles. The van der Waals surface area contributed by atoms with Crippen molar-refractivity contribution in [2.24, 2.45) is 5.73 Å². The Balaban J connectivity index is 2.64. The topological polar surface area (TPSA) is 85.9 Å². The molecule has 0 aromatic carbocycles. The molecule has 0 atom stereocenters. The summed E-state index contributed by atoms with van der Waals surface area (Å²) in [6, 6.07) is 0. The van der Waals surface area contributed by atoms with E-state index in [-0.39, 0.29) is 11.5 Å². The van der Waals surface area contributed by atoms with Gasteiger partial charge in [-0.15, -0.1) is 0 Å². The molecule has 0 spiro atoms. The summed E-state index contributed by atoms with van der Waals surface area (Å²) in [5.41, 5.74) is 5.81. The van der Waals surface area contributed by atoms with Gasteiger partial charge < -0.3 is 10.5 Å². The quantitative estimate of drug-likeness (QED) is 0.734. The minimum absolute atomic E-state index is 0.103. The lowest BCUT2D eigenvalue weighted by Gasteiger charge is -1.98. The molecule has 0 aliphatic heterocycles. The summed E-state index contributed by atoms with van der Waals surface area (Å²) >= 11 is 0. The van der Waals surface area contributed by atoms with Crippen molar-refractivity contribution >= 4 is 11.7 Å². The van der Waals surface area contributed by atoms with Crippen LogP contribution in [0.5, 0.6) is 0 Å². The molecule has 0 radical (unpaired) electrons. The Labute approximate surface area is 81.4 Å². The van der Waals surface area contributed by atoms with Gasteiger partial charge in [0.25, 0.3) is 5.91 Å². The minimum atomic E-state index is -0.601. The third-order valence-electron chi connectivity index (χ3n) is 1.69. The fourth-order valence-corrected chi connectivity index (χ4v) is 0.915. The minimum Gasteiger partial charge on any atom is -0.364 e. The van der Waals surface area contributed by atoms with E-state index in [1.165, 1.54) is 19.3 Å². The molecule has 74 valence electrons. The fourth-order valence-electron chi connectivity index (χ4n) is 0.915. The third kappa shape index (κ3) is 2.93. The van der Waals surface area contributed by atoms with Crippen molar-refractivity contribution in [3.63, 3.8) is 0 Å². The van der Waals surface area contributed by atoms with Gasteiger partial charge in [-0.25, -0.2) is 4.98 Å². The van der Waals surface area contributed by atoms with E-state index in [0.29, 0.717) is 18.5 Å². The first kappa shape index (κ1) is 10.3. The molecule has 5 heteroatoms. The normalized spacial score (nSPS) is 9.79. The molecule has 0 saturated carbocycles. The predicted molar refractivity (Wildman–Crippen MR) is 49.6 cm³/mol. The van der Waals surface area contributed by atoms with E-state index in [2.05, 4.69) is 9.97 Å². The summed E-state index contributed by atoms with van der Waals surface area (Å²) in [6.07, 6.45) is 3.76. The van der Waals surface area contributed by atoms with Gasteiger partial charge in [-0.1, -0.05) is 0 Å². The molecule has 0 aliphatic carbocycles.